The third-order valence-corrected chi connectivity index (χ3v) is 4.80. The molecule has 2 rings (SSSR count). The van der Waals surface area contributed by atoms with Crippen molar-refractivity contribution in [2.75, 3.05) is 5.73 Å². The van der Waals surface area contributed by atoms with Gasteiger partial charge < -0.3 is 10.8 Å². The number of hydrogen-bond donors (Lipinski definition) is 2. The molecule has 0 aliphatic rings. The van der Waals surface area contributed by atoms with E-state index in [1.165, 1.54) is 0 Å². The van der Waals surface area contributed by atoms with Crippen molar-refractivity contribution in [3.8, 4) is 0 Å². The molecule has 0 atom stereocenters. The molecule has 3 N–H and O–H groups in total. The summed E-state index contributed by atoms with van der Waals surface area (Å²) < 4.78 is 1.11. The highest BCUT2D eigenvalue weighted by Gasteiger charge is 2.04. The van der Waals surface area contributed by atoms with E-state index in [0.717, 1.165) is 24.6 Å². The SMILES string of the molecule is Nc1ccc(Sc2ccc(CC(=O)O)cc2)c(I)c1. The van der Waals surface area contributed by atoms with E-state index in [-0.39, 0.29) is 6.42 Å². The van der Waals surface area contributed by atoms with Gasteiger partial charge in [0.05, 0.1) is 6.42 Å². The maximum Gasteiger partial charge on any atom is 0.307 e. The number of carbonyl (C=O) groups is 1. The zero-order chi connectivity index (χ0) is 13.8. The molecule has 0 aliphatic heterocycles. The van der Waals surface area contributed by atoms with Crippen LogP contribution < -0.4 is 5.73 Å². The van der Waals surface area contributed by atoms with Crippen LogP contribution >= 0.6 is 34.4 Å². The number of rotatable bonds is 4. The Morgan fingerprint density at radius 2 is 1.89 bits per heavy atom. The van der Waals surface area contributed by atoms with E-state index < -0.39 is 5.97 Å². The van der Waals surface area contributed by atoms with Gasteiger partial charge in [0.1, 0.15) is 0 Å². The Bertz CT molecular complexity index is 599. The fourth-order valence-corrected chi connectivity index (χ4v) is 3.27. The first-order valence-corrected chi connectivity index (χ1v) is 7.48. The highest BCUT2D eigenvalue weighted by molar-refractivity contribution is 14.1. The summed E-state index contributed by atoms with van der Waals surface area (Å²) in [7, 11) is 0. The van der Waals surface area contributed by atoms with Crippen LogP contribution in [0.2, 0.25) is 0 Å². The Kier molecular flexibility index (Phi) is 4.71. The molecule has 0 amide bonds. The van der Waals surface area contributed by atoms with E-state index in [2.05, 4.69) is 22.6 Å². The first-order chi connectivity index (χ1) is 9.04. The van der Waals surface area contributed by atoms with Gasteiger partial charge in [-0.1, -0.05) is 23.9 Å². The predicted octanol–water partition coefficient (Wildman–Crippen LogP) is 3.65. The van der Waals surface area contributed by atoms with Gasteiger partial charge in [-0.25, -0.2) is 0 Å². The number of anilines is 1. The average molecular weight is 385 g/mol. The molecule has 0 saturated heterocycles. The monoisotopic (exact) mass is 385 g/mol. The van der Waals surface area contributed by atoms with Gasteiger partial charge in [0, 0.05) is 19.0 Å². The summed E-state index contributed by atoms with van der Waals surface area (Å²) in [4.78, 5) is 12.8. The minimum absolute atomic E-state index is 0.0599. The lowest BCUT2D eigenvalue weighted by atomic mass is 10.2. The second-order valence-electron chi connectivity index (χ2n) is 4.01. The van der Waals surface area contributed by atoms with E-state index in [1.54, 1.807) is 11.8 Å². The molecule has 0 saturated carbocycles. The van der Waals surface area contributed by atoms with Crippen LogP contribution in [0.1, 0.15) is 5.56 Å². The Labute approximate surface area is 129 Å². The Morgan fingerprint density at radius 3 is 2.47 bits per heavy atom. The summed E-state index contributed by atoms with van der Waals surface area (Å²) in [6.07, 6.45) is 0.0599. The van der Waals surface area contributed by atoms with Gasteiger partial charge in [0.15, 0.2) is 0 Å². The van der Waals surface area contributed by atoms with Gasteiger partial charge in [-0.3, -0.25) is 4.79 Å². The van der Waals surface area contributed by atoms with Gasteiger partial charge in [-0.05, 0) is 58.5 Å². The minimum atomic E-state index is -0.812. The molecule has 0 bridgehead atoms. The standard InChI is InChI=1S/C14H12INO2S/c15-12-8-10(16)3-6-13(12)19-11-4-1-9(2-5-11)7-14(17)18/h1-6,8H,7,16H2,(H,17,18). The van der Waals surface area contributed by atoms with Crippen LogP contribution in [0.5, 0.6) is 0 Å². The van der Waals surface area contributed by atoms with Crippen LogP contribution in [0.3, 0.4) is 0 Å². The zero-order valence-electron chi connectivity index (χ0n) is 9.97. The van der Waals surface area contributed by atoms with Crippen molar-refractivity contribution in [3.63, 3.8) is 0 Å². The number of nitrogen functional groups attached to an aromatic ring is 1. The number of carboxylic acids is 1. The maximum absolute atomic E-state index is 10.6. The first-order valence-electron chi connectivity index (χ1n) is 5.58. The molecule has 0 aliphatic carbocycles. The van der Waals surface area contributed by atoms with E-state index in [1.807, 2.05) is 42.5 Å². The van der Waals surface area contributed by atoms with E-state index in [0.29, 0.717) is 0 Å². The van der Waals surface area contributed by atoms with E-state index >= 15 is 0 Å². The van der Waals surface area contributed by atoms with Gasteiger partial charge >= 0.3 is 5.97 Å². The Balaban J connectivity index is 2.13. The van der Waals surface area contributed by atoms with Gasteiger partial charge in [0.2, 0.25) is 0 Å². The minimum Gasteiger partial charge on any atom is -0.481 e. The van der Waals surface area contributed by atoms with Crippen molar-refractivity contribution in [1.82, 2.24) is 0 Å². The van der Waals surface area contributed by atoms with Crippen LogP contribution in [-0.2, 0) is 11.2 Å². The smallest absolute Gasteiger partial charge is 0.307 e. The molecule has 2 aromatic carbocycles. The Hall–Kier alpha value is -1.21. The topological polar surface area (TPSA) is 63.3 Å². The normalized spacial score (nSPS) is 10.4. The van der Waals surface area contributed by atoms with Gasteiger partial charge in [-0.2, -0.15) is 0 Å². The van der Waals surface area contributed by atoms with Crippen molar-refractivity contribution in [1.29, 1.82) is 0 Å². The summed E-state index contributed by atoms with van der Waals surface area (Å²) >= 11 is 3.90. The number of halogens is 1. The van der Waals surface area contributed by atoms with Crippen molar-refractivity contribution in [3.05, 3.63) is 51.6 Å². The quantitative estimate of drug-likeness (QED) is 0.623. The van der Waals surface area contributed by atoms with Gasteiger partial charge in [-0.15, -0.1) is 0 Å². The molecule has 3 nitrogen and oxygen atoms in total. The number of nitrogens with two attached hydrogens (primary N) is 1. The third-order valence-electron chi connectivity index (χ3n) is 2.46. The number of carboxylic acid groups (broad SMARTS) is 1. The van der Waals surface area contributed by atoms with Crippen LogP contribution in [0.4, 0.5) is 5.69 Å². The summed E-state index contributed by atoms with van der Waals surface area (Å²) in [5.41, 5.74) is 7.28. The molecule has 0 aromatic heterocycles. The van der Waals surface area contributed by atoms with Crippen LogP contribution in [0.25, 0.3) is 0 Å². The molecule has 0 heterocycles. The molecule has 19 heavy (non-hydrogen) atoms. The lowest BCUT2D eigenvalue weighted by Gasteiger charge is -2.06. The lowest BCUT2D eigenvalue weighted by molar-refractivity contribution is -0.136. The summed E-state index contributed by atoms with van der Waals surface area (Å²) in [5, 5.41) is 8.72. The summed E-state index contributed by atoms with van der Waals surface area (Å²) in [6.45, 7) is 0. The highest BCUT2D eigenvalue weighted by Crippen LogP contribution is 2.32. The fraction of sp³-hybridized carbons (Fsp3) is 0.0714. The van der Waals surface area contributed by atoms with Crippen molar-refractivity contribution < 1.29 is 9.90 Å². The van der Waals surface area contributed by atoms with Crippen LogP contribution in [0, 0.1) is 3.57 Å². The molecular weight excluding hydrogens is 373 g/mol. The summed E-state index contributed by atoms with van der Waals surface area (Å²) in [5.74, 6) is -0.812. The molecule has 0 radical (unpaired) electrons. The third kappa shape index (κ3) is 4.14. The molecular formula is C14H12INO2S. The van der Waals surface area contributed by atoms with Crippen LogP contribution in [-0.4, -0.2) is 11.1 Å². The summed E-state index contributed by atoms with van der Waals surface area (Å²) in [6, 6.07) is 13.4. The second kappa shape index (κ2) is 6.29. The Morgan fingerprint density at radius 1 is 1.21 bits per heavy atom. The first kappa shape index (κ1) is 14.2. The molecule has 98 valence electrons. The van der Waals surface area contributed by atoms with E-state index in [9.17, 15) is 4.79 Å². The fourth-order valence-electron chi connectivity index (χ4n) is 1.58. The van der Waals surface area contributed by atoms with Crippen molar-refractivity contribution in [2.45, 2.75) is 16.2 Å². The molecule has 2 aromatic rings. The molecule has 5 heteroatoms. The molecule has 0 spiro atoms. The highest BCUT2D eigenvalue weighted by atomic mass is 127. The molecule has 0 unspecified atom stereocenters. The zero-order valence-corrected chi connectivity index (χ0v) is 12.9. The number of aliphatic carboxylic acids is 1. The van der Waals surface area contributed by atoms with Crippen molar-refractivity contribution in [2.24, 2.45) is 0 Å². The second-order valence-corrected chi connectivity index (χ2v) is 6.28. The number of hydrogen-bond acceptors (Lipinski definition) is 3. The largest absolute Gasteiger partial charge is 0.481 e. The van der Waals surface area contributed by atoms with E-state index in [4.69, 9.17) is 10.8 Å². The predicted molar refractivity (Wildman–Crippen MR) is 85.5 cm³/mol. The maximum atomic E-state index is 10.6. The molecule has 0 fully saturated rings. The average Bonchev–Trinajstić information content (AvgIpc) is 2.34. The van der Waals surface area contributed by atoms with Crippen LogP contribution in [0.15, 0.2) is 52.3 Å². The number of benzene rings is 2. The van der Waals surface area contributed by atoms with Crippen molar-refractivity contribution >= 4 is 46.0 Å². The lowest BCUT2D eigenvalue weighted by Crippen LogP contribution is -1.99. The van der Waals surface area contributed by atoms with Gasteiger partial charge in [0.25, 0.3) is 0 Å².